The number of alkyl halides is 3. The molecule has 2 aromatic rings. The molecule has 164 valence electrons. The molecule has 2 aromatic carbocycles. The van der Waals surface area contributed by atoms with Gasteiger partial charge in [0.05, 0.1) is 14.9 Å². The number of carbonyl (C=O) groups is 1. The Morgan fingerprint density at radius 3 is 2.23 bits per heavy atom. The molecule has 0 spiro atoms. The lowest BCUT2D eigenvalue weighted by atomic mass is 10.2. The fourth-order valence-corrected chi connectivity index (χ4v) is 3.84. The summed E-state index contributed by atoms with van der Waals surface area (Å²) in [5.41, 5.74) is -1.77. The minimum Gasteiger partial charge on any atom is -0.456 e. The molecule has 0 N–H and O–H groups in total. The molecule has 11 heteroatoms. The van der Waals surface area contributed by atoms with Crippen LogP contribution in [-0.4, -0.2) is 31.5 Å². The van der Waals surface area contributed by atoms with Crippen molar-refractivity contribution in [3.63, 3.8) is 0 Å². The van der Waals surface area contributed by atoms with Crippen LogP contribution >= 0.6 is 15.9 Å². The van der Waals surface area contributed by atoms with E-state index in [1.807, 2.05) is 0 Å². The van der Waals surface area contributed by atoms with E-state index in [9.17, 15) is 26.4 Å². The predicted molar refractivity (Wildman–Crippen MR) is 107 cm³/mol. The molecular weight excluding hydrogens is 491 g/mol. The van der Waals surface area contributed by atoms with Gasteiger partial charge in [0.2, 0.25) is 0 Å². The van der Waals surface area contributed by atoms with Gasteiger partial charge >= 0.3 is 12.3 Å². The van der Waals surface area contributed by atoms with Crippen LogP contribution < -0.4 is 4.74 Å². The smallest absolute Gasteiger partial charge is 0.424 e. The van der Waals surface area contributed by atoms with E-state index < -0.39 is 33.5 Å². The molecule has 0 unspecified atom stereocenters. The lowest BCUT2D eigenvalue weighted by molar-refractivity contribution is -0.137. The van der Waals surface area contributed by atoms with Gasteiger partial charge in [0, 0.05) is 7.05 Å². The van der Waals surface area contributed by atoms with Gasteiger partial charge in [0.1, 0.15) is 17.1 Å². The Morgan fingerprint density at radius 2 is 1.70 bits per heavy atom. The first-order valence-corrected chi connectivity index (χ1v) is 10.7. The summed E-state index contributed by atoms with van der Waals surface area (Å²) < 4.78 is 75.0. The van der Waals surface area contributed by atoms with Crippen molar-refractivity contribution in [2.75, 3.05) is 7.05 Å². The Hall–Kier alpha value is -2.27. The van der Waals surface area contributed by atoms with E-state index >= 15 is 0 Å². The number of ether oxygens (including phenoxy) is 2. The fraction of sp³-hybridized carbons (Fsp3) is 0.316. The van der Waals surface area contributed by atoms with Crippen LogP contribution in [0, 0.1) is 0 Å². The largest absolute Gasteiger partial charge is 0.456 e. The topological polar surface area (TPSA) is 72.9 Å². The van der Waals surface area contributed by atoms with Gasteiger partial charge in [-0.05, 0) is 73.1 Å². The van der Waals surface area contributed by atoms with Crippen molar-refractivity contribution in [3.05, 3.63) is 52.5 Å². The van der Waals surface area contributed by atoms with Crippen molar-refractivity contribution >= 4 is 32.0 Å². The minimum atomic E-state index is -4.53. The maximum atomic E-state index is 12.8. The molecule has 30 heavy (non-hydrogen) atoms. The Bertz CT molecular complexity index is 1050. The summed E-state index contributed by atoms with van der Waals surface area (Å²) in [4.78, 5) is 11.8. The summed E-state index contributed by atoms with van der Waals surface area (Å²) in [5.74, 6) is 0.0141. The molecule has 1 amide bonds. The molecule has 0 aromatic heterocycles. The molecule has 6 nitrogen and oxygen atoms in total. The molecular formula is C19H19BrF3NO5S. The SMILES string of the molecule is CN(C(=O)OC(C)(C)C)S(=O)(=O)c1ccc(Oc2cccc(C(F)(F)F)c2)c(Br)c1. The third kappa shape index (κ3) is 5.88. The molecule has 0 saturated heterocycles. The highest BCUT2D eigenvalue weighted by molar-refractivity contribution is 9.10. The molecule has 0 radical (unpaired) electrons. The zero-order valence-corrected chi connectivity index (χ0v) is 18.9. The normalized spacial score (nSPS) is 12.4. The van der Waals surface area contributed by atoms with Crippen LogP contribution in [0.15, 0.2) is 51.8 Å². The van der Waals surface area contributed by atoms with Crippen molar-refractivity contribution in [2.24, 2.45) is 0 Å². The van der Waals surface area contributed by atoms with Crippen LogP contribution in [0.5, 0.6) is 11.5 Å². The van der Waals surface area contributed by atoms with Crippen LogP contribution in [0.3, 0.4) is 0 Å². The molecule has 0 aliphatic rings. The Kier molecular flexibility index (Phi) is 6.77. The van der Waals surface area contributed by atoms with Gasteiger partial charge in [0.15, 0.2) is 0 Å². The van der Waals surface area contributed by atoms with Crippen LogP contribution in [0.1, 0.15) is 26.3 Å². The highest BCUT2D eigenvalue weighted by atomic mass is 79.9. The van der Waals surface area contributed by atoms with Gasteiger partial charge in [-0.15, -0.1) is 0 Å². The molecule has 0 atom stereocenters. The third-order valence-corrected chi connectivity index (χ3v) is 5.94. The number of sulfonamides is 1. The number of benzene rings is 2. The third-order valence-electron chi connectivity index (χ3n) is 3.60. The number of nitrogens with zero attached hydrogens (tertiary/aromatic N) is 1. The highest BCUT2D eigenvalue weighted by Crippen LogP contribution is 2.35. The summed E-state index contributed by atoms with van der Waals surface area (Å²) in [5, 5.41) is 0. The van der Waals surface area contributed by atoms with E-state index in [1.54, 1.807) is 20.8 Å². The molecule has 0 fully saturated rings. The van der Waals surface area contributed by atoms with E-state index in [1.165, 1.54) is 30.3 Å². The van der Waals surface area contributed by atoms with Gasteiger partial charge in [-0.2, -0.15) is 13.2 Å². The zero-order valence-electron chi connectivity index (χ0n) is 16.5. The van der Waals surface area contributed by atoms with Crippen molar-refractivity contribution < 1.29 is 35.9 Å². The van der Waals surface area contributed by atoms with Crippen LogP contribution in [-0.2, 0) is 20.9 Å². The van der Waals surface area contributed by atoms with E-state index in [-0.39, 0.29) is 20.9 Å². The number of hydrogen-bond acceptors (Lipinski definition) is 5. The number of hydrogen-bond donors (Lipinski definition) is 0. The monoisotopic (exact) mass is 509 g/mol. The number of carbonyl (C=O) groups excluding carboxylic acids is 1. The first-order valence-electron chi connectivity index (χ1n) is 8.48. The van der Waals surface area contributed by atoms with E-state index in [2.05, 4.69) is 15.9 Å². The summed E-state index contributed by atoms with van der Waals surface area (Å²) in [6.45, 7) is 4.80. The summed E-state index contributed by atoms with van der Waals surface area (Å²) in [6.07, 6.45) is -5.58. The molecule has 0 heterocycles. The first-order chi connectivity index (χ1) is 13.6. The summed E-state index contributed by atoms with van der Waals surface area (Å²) in [6, 6.07) is 7.88. The lowest BCUT2D eigenvalue weighted by Gasteiger charge is -2.24. The Morgan fingerprint density at radius 1 is 1.07 bits per heavy atom. The Labute approximate surface area is 180 Å². The summed E-state index contributed by atoms with van der Waals surface area (Å²) >= 11 is 3.14. The second-order valence-corrected chi connectivity index (χ2v) is 10.00. The maximum Gasteiger partial charge on any atom is 0.424 e. The van der Waals surface area contributed by atoms with E-state index in [4.69, 9.17) is 9.47 Å². The van der Waals surface area contributed by atoms with Crippen LogP contribution in [0.4, 0.5) is 18.0 Å². The first kappa shape index (κ1) is 24.0. The van der Waals surface area contributed by atoms with Gasteiger partial charge in [-0.25, -0.2) is 17.5 Å². The van der Waals surface area contributed by atoms with Crippen molar-refractivity contribution in [3.8, 4) is 11.5 Å². The second kappa shape index (κ2) is 8.46. The van der Waals surface area contributed by atoms with E-state index in [0.717, 1.165) is 19.2 Å². The van der Waals surface area contributed by atoms with Gasteiger partial charge in [-0.3, -0.25) is 0 Å². The van der Waals surface area contributed by atoms with Gasteiger partial charge in [0.25, 0.3) is 10.0 Å². The number of amides is 1. The molecule has 2 rings (SSSR count). The fourth-order valence-electron chi connectivity index (χ4n) is 2.17. The van der Waals surface area contributed by atoms with Crippen LogP contribution in [0.2, 0.25) is 0 Å². The number of halogens is 4. The van der Waals surface area contributed by atoms with Crippen LogP contribution in [0.25, 0.3) is 0 Å². The molecule has 0 aliphatic heterocycles. The van der Waals surface area contributed by atoms with Gasteiger partial charge < -0.3 is 9.47 Å². The molecule has 0 bridgehead atoms. The summed E-state index contributed by atoms with van der Waals surface area (Å²) in [7, 11) is -3.16. The molecule has 0 aliphatic carbocycles. The average molecular weight is 510 g/mol. The van der Waals surface area contributed by atoms with Crippen molar-refractivity contribution in [2.45, 2.75) is 37.4 Å². The van der Waals surface area contributed by atoms with E-state index in [0.29, 0.717) is 4.31 Å². The predicted octanol–water partition coefficient (Wildman–Crippen LogP) is 5.82. The van der Waals surface area contributed by atoms with Crippen molar-refractivity contribution in [1.82, 2.24) is 4.31 Å². The second-order valence-electron chi connectivity index (χ2n) is 7.17. The quantitative estimate of drug-likeness (QED) is 0.519. The maximum absolute atomic E-state index is 12.8. The zero-order chi connectivity index (χ0) is 22.9. The lowest BCUT2D eigenvalue weighted by Crippen LogP contribution is -2.38. The van der Waals surface area contributed by atoms with Gasteiger partial charge in [-0.1, -0.05) is 6.07 Å². The average Bonchev–Trinajstić information content (AvgIpc) is 2.60. The molecule has 0 saturated carbocycles. The standard InChI is InChI=1S/C19H19BrF3NO5S/c1-18(2,3)29-17(25)24(4)30(26,27)14-8-9-16(15(20)11-14)28-13-7-5-6-12(10-13)19(21,22)23/h5-11H,1-4H3. The Balaban J connectivity index is 2.28. The number of rotatable bonds is 4. The van der Waals surface area contributed by atoms with Crippen molar-refractivity contribution in [1.29, 1.82) is 0 Å². The highest BCUT2D eigenvalue weighted by Gasteiger charge is 2.31. The minimum absolute atomic E-state index is 0.0768.